The third kappa shape index (κ3) is 35.0. The van der Waals surface area contributed by atoms with Crippen LogP contribution in [0, 0.1) is 0 Å². The monoisotopic (exact) mass is 675 g/mol. The summed E-state index contributed by atoms with van der Waals surface area (Å²) in [4.78, 5) is 37.2. The smallest absolute Gasteiger partial charge is 0.306 e. The maximum absolute atomic E-state index is 12.6. The Morgan fingerprint density at radius 2 is 0.792 bits per heavy atom. The average molecular weight is 675 g/mol. The lowest BCUT2D eigenvalue weighted by molar-refractivity contribution is -0.167. The highest BCUT2D eigenvalue weighted by atomic mass is 16.6. The molecule has 0 saturated heterocycles. The van der Waals surface area contributed by atoms with Crippen molar-refractivity contribution >= 4 is 17.9 Å². The fourth-order valence-electron chi connectivity index (χ4n) is 5.29. The molecule has 0 bridgehead atoms. The van der Waals surface area contributed by atoms with Gasteiger partial charge >= 0.3 is 17.9 Å². The van der Waals surface area contributed by atoms with Crippen molar-refractivity contribution in [3.8, 4) is 0 Å². The lowest BCUT2D eigenvalue weighted by atomic mass is 10.1. The van der Waals surface area contributed by atoms with Crippen LogP contribution in [0.5, 0.6) is 0 Å². The molecule has 0 aromatic rings. The number of allylic oxidation sites excluding steroid dienone is 6. The Bertz CT molecular complexity index is 830. The summed E-state index contributed by atoms with van der Waals surface area (Å²) in [6.45, 7) is 6.42. The maximum atomic E-state index is 12.6. The Labute approximate surface area is 295 Å². The van der Waals surface area contributed by atoms with Crippen LogP contribution < -0.4 is 0 Å². The summed E-state index contributed by atoms with van der Waals surface area (Å²) in [7, 11) is 0. The minimum atomic E-state index is -0.773. The Balaban J connectivity index is 4.29. The van der Waals surface area contributed by atoms with Gasteiger partial charge in [0.1, 0.15) is 13.2 Å². The van der Waals surface area contributed by atoms with Crippen molar-refractivity contribution in [3.05, 3.63) is 36.5 Å². The number of unbranched alkanes of at least 4 members (excludes halogenated alkanes) is 18. The Morgan fingerprint density at radius 1 is 0.417 bits per heavy atom. The molecular formula is C42H74O6. The average Bonchev–Trinajstić information content (AvgIpc) is 3.08. The molecule has 0 aliphatic rings. The van der Waals surface area contributed by atoms with Gasteiger partial charge in [-0.2, -0.15) is 0 Å². The Morgan fingerprint density at radius 3 is 1.29 bits per heavy atom. The van der Waals surface area contributed by atoms with Crippen LogP contribution in [0.4, 0.5) is 0 Å². The molecule has 0 amide bonds. The van der Waals surface area contributed by atoms with E-state index < -0.39 is 6.10 Å². The van der Waals surface area contributed by atoms with Gasteiger partial charge in [-0.3, -0.25) is 14.4 Å². The SMILES string of the molecule is CCC/C=C\CCCCCCCC(=O)OC(COC(=O)CCCCCCC)COC(=O)CCCCCCC/C=C\C/C=C\CCCCC. The number of rotatable bonds is 35. The molecule has 1 atom stereocenters. The van der Waals surface area contributed by atoms with E-state index >= 15 is 0 Å². The predicted molar refractivity (Wildman–Crippen MR) is 201 cm³/mol. The minimum absolute atomic E-state index is 0.0813. The third-order valence-corrected chi connectivity index (χ3v) is 8.35. The van der Waals surface area contributed by atoms with Gasteiger partial charge in [0.05, 0.1) is 0 Å². The number of hydrogen-bond donors (Lipinski definition) is 0. The Hall–Kier alpha value is -2.37. The van der Waals surface area contributed by atoms with E-state index in [0.29, 0.717) is 19.3 Å². The summed E-state index contributed by atoms with van der Waals surface area (Å²) in [6, 6.07) is 0. The predicted octanol–water partition coefficient (Wildman–Crippen LogP) is 12.2. The van der Waals surface area contributed by atoms with E-state index in [-0.39, 0.29) is 31.1 Å². The molecule has 6 heteroatoms. The van der Waals surface area contributed by atoms with Gasteiger partial charge in [0.2, 0.25) is 0 Å². The van der Waals surface area contributed by atoms with Crippen LogP contribution in [0.2, 0.25) is 0 Å². The van der Waals surface area contributed by atoms with Crippen molar-refractivity contribution in [2.24, 2.45) is 0 Å². The maximum Gasteiger partial charge on any atom is 0.306 e. The third-order valence-electron chi connectivity index (χ3n) is 8.35. The molecule has 0 aliphatic heterocycles. The van der Waals surface area contributed by atoms with E-state index in [1.54, 1.807) is 0 Å². The fraction of sp³-hybridized carbons (Fsp3) is 0.786. The Kier molecular flexibility index (Phi) is 35.6. The fourth-order valence-corrected chi connectivity index (χ4v) is 5.29. The van der Waals surface area contributed by atoms with E-state index in [0.717, 1.165) is 103 Å². The number of esters is 3. The van der Waals surface area contributed by atoms with Gasteiger partial charge in [-0.1, -0.05) is 141 Å². The van der Waals surface area contributed by atoms with E-state index in [1.807, 2.05) is 0 Å². The second-order valence-electron chi connectivity index (χ2n) is 13.2. The summed E-state index contributed by atoms with van der Waals surface area (Å²) >= 11 is 0. The van der Waals surface area contributed by atoms with Crippen molar-refractivity contribution in [2.45, 2.75) is 200 Å². The molecular weight excluding hydrogens is 600 g/mol. The van der Waals surface area contributed by atoms with E-state index in [1.165, 1.54) is 51.4 Å². The molecule has 0 fully saturated rings. The van der Waals surface area contributed by atoms with Gasteiger partial charge < -0.3 is 14.2 Å². The van der Waals surface area contributed by atoms with Crippen LogP contribution in [-0.2, 0) is 28.6 Å². The second kappa shape index (κ2) is 37.4. The summed E-state index contributed by atoms with van der Waals surface area (Å²) in [5, 5.41) is 0. The van der Waals surface area contributed by atoms with E-state index in [4.69, 9.17) is 14.2 Å². The van der Waals surface area contributed by atoms with Gasteiger partial charge in [-0.15, -0.1) is 0 Å². The molecule has 0 N–H and O–H groups in total. The zero-order valence-electron chi connectivity index (χ0n) is 31.5. The van der Waals surface area contributed by atoms with Crippen LogP contribution in [0.15, 0.2) is 36.5 Å². The molecule has 0 heterocycles. The molecule has 48 heavy (non-hydrogen) atoms. The first-order chi connectivity index (χ1) is 23.5. The standard InChI is InChI=1S/C42H74O6/c1-4-7-10-13-15-17-19-20-21-22-23-25-26-29-32-35-41(44)47-38-39(37-46-40(43)34-31-28-12-9-6-3)48-42(45)36-33-30-27-24-18-16-14-11-8-5-2/h11,14-15,17,20-21,39H,4-10,12-13,16,18-19,22-38H2,1-3H3/b14-11-,17-15-,21-20-. The first-order valence-electron chi connectivity index (χ1n) is 20.0. The molecule has 0 aromatic heterocycles. The number of carbonyl (C=O) groups is 3. The van der Waals surface area contributed by atoms with Gasteiger partial charge in [0.25, 0.3) is 0 Å². The van der Waals surface area contributed by atoms with Gasteiger partial charge in [-0.05, 0) is 70.6 Å². The van der Waals surface area contributed by atoms with Crippen molar-refractivity contribution in [1.29, 1.82) is 0 Å². The molecule has 1 unspecified atom stereocenters. The lowest BCUT2D eigenvalue weighted by Gasteiger charge is -2.18. The topological polar surface area (TPSA) is 78.9 Å². The van der Waals surface area contributed by atoms with Crippen molar-refractivity contribution in [3.63, 3.8) is 0 Å². The van der Waals surface area contributed by atoms with Gasteiger partial charge in [0.15, 0.2) is 6.10 Å². The number of carbonyl (C=O) groups excluding carboxylic acids is 3. The van der Waals surface area contributed by atoms with Crippen LogP contribution >= 0.6 is 0 Å². The summed E-state index contributed by atoms with van der Waals surface area (Å²) < 4.78 is 16.5. The van der Waals surface area contributed by atoms with Crippen LogP contribution in [0.3, 0.4) is 0 Å². The normalized spacial score (nSPS) is 12.3. The minimum Gasteiger partial charge on any atom is -0.462 e. The van der Waals surface area contributed by atoms with Crippen LogP contribution in [-0.4, -0.2) is 37.2 Å². The number of ether oxygens (including phenoxy) is 3. The highest BCUT2D eigenvalue weighted by molar-refractivity contribution is 5.71. The first kappa shape index (κ1) is 45.6. The first-order valence-corrected chi connectivity index (χ1v) is 20.0. The number of hydrogen-bond acceptors (Lipinski definition) is 6. The molecule has 0 rings (SSSR count). The summed E-state index contributed by atoms with van der Waals surface area (Å²) in [5.74, 6) is -0.926. The second-order valence-corrected chi connectivity index (χ2v) is 13.2. The van der Waals surface area contributed by atoms with Crippen molar-refractivity contribution < 1.29 is 28.6 Å². The molecule has 0 aliphatic carbocycles. The van der Waals surface area contributed by atoms with E-state index in [2.05, 4.69) is 57.2 Å². The van der Waals surface area contributed by atoms with E-state index in [9.17, 15) is 14.4 Å². The van der Waals surface area contributed by atoms with Gasteiger partial charge in [-0.25, -0.2) is 0 Å². The lowest BCUT2D eigenvalue weighted by Crippen LogP contribution is -2.30. The zero-order chi connectivity index (χ0) is 35.2. The molecule has 6 nitrogen and oxygen atoms in total. The van der Waals surface area contributed by atoms with Crippen LogP contribution in [0.1, 0.15) is 194 Å². The quantitative estimate of drug-likeness (QED) is 0.0288. The zero-order valence-corrected chi connectivity index (χ0v) is 31.5. The summed E-state index contributed by atoms with van der Waals surface area (Å²) in [6.07, 6.45) is 40.1. The highest BCUT2D eigenvalue weighted by Gasteiger charge is 2.19. The van der Waals surface area contributed by atoms with Crippen molar-refractivity contribution in [1.82, 2.24) is 0 Å². The molecule has 0 saturated carbocycles. The largest absolute Gasteiger partial charge is 0.462 e. The highest BCUT2D eigenvalue weighted by Crippen LogP contribution is 2.12. The molecule has 0 spiro atoms. The molecule has 278 valence electrons. The molecule has 0 radical (unpaired) electrons. The van der Waals surface area contributed by atoms with Gasteiger partial charge in [0, 0.05) is 19.3 Å². The summed E-state index contributed by atoms with van der Waals surface area (Å²) in [5.41, 5.74) is 0. The van der Waals surface area contributed by atoms with Crippen LogP contribution in [0.25, 0.3) is 0 Å². The van der Waals surface area contributed by atoms with Crippen molar-refractivity contribution in [2.75, 3.05) is 13.2 Å². The molecule has 0 aromatic carbocycles.